The highest BCUT2D eigenvalue weighted by Crippen LogP contribution is 2.21. The summed E-state index contributed by atoms with van der Waals surface area (Å²) in [6.07, 6.45) is 2.02. The lowest BCUT2D eigenvalue weighted by atomic mass is 10.0. The number of pyridine rings is 1. The van der Waals surface area contributed by atoms with Gasteiger partial charge in [0, 0.05) is 58.6 Å². The average molecular weight is 452 g/mol. The van der Waals surface area contributed by atoms with E-state index in [4.69, 9.17) is 4.74 Å². The minimum Gasteiger partial charge on any atom is -0.496 e. The largest absolute Gasteiger partial charge is 0.496 e. The van der Waals surface area contributed by atoms with Crippen LogP contribution in [0.15, 0.2) is 42.6 Å². The number of nitrogens with zero attached hydrogens (tertiary/aromatic N) is 4. The molecule has 8 nitrogen and oxygen atoms in total. The van der Waals surface area contributed by atoms with E-state index in [-0.39, 0.29) is 18.2 Å². The zero-order valence-corrected chi connectivity index (χ0v) is 19.5. The molecule has 0 spiro atoms. The van der Waals surface area contributed by atoms with Crippen molar-refractivity contribution >= 4 is 11.8 Å². The fourth-order valence-corrected chi connectivity index (χ4v) is 4.62. The SMILES string of the molecule is COc1ccc(CN2CCNC(=O)[C@@H]2CC(=O)N2CCN(Cc3ccccn3)CC2)cc1C. The zero-order chi connectivity index (χ0) is 23.2. The summed E-state index contributed by atoms with van der Waals surface area (Å²) in [7, 11) is 1.66. The monoisotopic (exact) mass is 451 g/mol. The topological polar surface area (TPSA) is 78.0 Å². The molecule has 0 unspecified atom stereocenters. The van der Waals surface area contributed by atoms with Gasteiger partial charge in [0.25, 0.3) is 0 Å². The molecule has 33 heavy (non-hydrogen) atoms. The Morgan fingerprint density at radius 1 is 1.12 bits per heavy atom. The molecule has 2 aliphatic heterocycles. The van der Waals surface area contributed by atoms with Gasteiger partial charge in [-0.05, 0) is 36.2 Å². The standard InChI is InChI=1S/C25H33N5O3/c1-19-15-20(6-7-23(19)33-2)17-30-10-9-27-25(32)22(30)16-24(31)29-13-11-28(12-14-29)18-21-5-3-4-8-26-21/h3-8,15,22H,9-14,16-18H2,1-2H3,(H,27,32)/t22-/m0/s1. The van der Waals surface area contributed by atoms with Crippen LogP contribution in [-0.2, 0) is 22.7 Å². The fourth-order valence-electron chi connectivity index (χ4n) is 4.62. The first-order valence-corrected chi connectivity index (χ1v) is 11.6. The molecule has 4 rings (SSSR count). The Hall–Kier alpha value is -2.97. The maximum absolute atomic E-state index is 13.1. The number of amides is 2. The molecule has 2 aliphatic rings. The highest BCUT2D eigenvalue weighted by atomic mass is 16.5. The van der Waals surface area contributed by atoms with Crippen LogP contribution in [0.3, 0.4) is 0 Å². The van der Waals surface area contributed by atoms with Crippen LogP contribution in [0.2, 0.25) is 0 Å². The molecule has 0 bridgehead atoms. The summed E-state index contributed by atoms with van der Waals surface area (Å²) in [5.74, 6) is 0.836. The number of benzene rings is 1. The maximum atomic E-state index is 13.1. The van der Waals surface area contributed by atoms with Gasteiger partial charge in [0.1, 0.15) is 5.75 Å². The van der Waals surface area contributed by atoms with E-state index in [1.165, 1.54) is 0 Å². The number of carbonyl (C=O) groups excluding carboxylic acids is 2. The molecule has 3 heterocycles. The van der Waals surface area contributed by atoms with Crippen LogP contribution in [0.4, 0.5) is 0 Å². The molecule has 0 radical (unpaired) electrons. The van der Waals surface area contributed by atoms with Crippen molar-refractivity contribution in [1.82, 2.24) is 25.0 Å². The number of carbonyl (C=O) groups is 2. The third-order valence-corrected chi connectivity index (χ3v) is 6.49. The molecule has 8 heteroatoms. The van der Waals surface area contributed by atoms with Crippen molar-refractivity contribution in [3.8, 4) is 5.75 Å². The van der Waals surface area contributed by atoms with Crippen LogP contribution < -0.4 is 10.1 Å². The van der Waals surface area contributed by atoms with E-state index < -0.39 is 6.04 Å². The van der Waals surface area contributed by atoms with Crippen LogP contribution in [0.5, 0.6) is 5.75 Å². The van der Waals surface area contributed by atoms with Gasteiger partial charge >= 0.3 is 0 Å². The first-order valence-electron chi connectivity index (χ1n) is 11.6. The summed E-state index contributed by atoms with van der Waals surface area (Å²) in [6.45, 7) is 7.76. The predicted molar refractivity (Wildman–Crippen MR) is 126 cm³/mol. The van der Waals surface area contributed by atoms with Gasteiger partial charge in [0.15, 0.2) is 0 Å². The number of methoxy groups -OCH3 is 1. The lowest BCUT2D eigenvalue weighted by Gasteiger charge is -2.38. The van der Waals surface area contributed by atoms with Crippen LogP contribution in [0, 0.1) is 6.92 Å². The Bertz CT molecular complexity index is 960. The molecule has 2 saturated heterocycles. The molecule has 176 valence electrons. The van der Waals surface area contributed by atoms with Crippen molar-refractivity contribution in [2.45, 2.75) is 32.5 Å². The second-order valence-corrected chi connectivity index (χ2v) is 8.76. The van der Waals surface area contributed by atoms with Gasteiger partial charge in [0.05, 0.1) is 25.3 Å². The van der Waals surface area contributed by atoms with E-state index in [9.17, 15) is 9.59 Å². The third-order valence-electron chi connectivity index (χ3n) is 6.49. The van der Waals surface area contributed by atoms with Gasteiger partial charge in [-0.15, -0.1) is 0 Å². The molecule has 2 aromatic rings. The Morgan fingerprint density at radius 2 is 1.94 bits per heavy atom. The van der Waals surface area contributed by atoms with E-state index in [1.54, 1.807) is 7.11 Å². The zero-order valence-electron chi connectivity index (χ0n) is 19.5. The van der Waals surface area contributed by atoms with E-state index in [1.807, 2.05) is 48.4 Å². The molecule has 2 fully saturated rings. The lowest BCUT2D eigenvalue weighted by molar-refractivity contribution is -0.140. The van der Waals surface area contributed by atoms with Crippen molar-refractivity contribution in [3.05, 3.63) is 59.4 Å². The second kappa shape index (κ2) is 10.8. The van der Waals surface area contributed by atoms with Crippen molar-refractivity contribution in [1.29, 1.82) is 0 Å². The Labute approximate surface area is 195 Å². The summed E-state index contributed by atoms with van der Waals surface area (Å²) >= 11 is 0. The Kier molecular flexibility index (Phi) is 7.57. The first kappa shape index (κ1) is 23.2. The molecule has 2 amide bonds. The molecule has 0 saturated carbocycles. The lowest BCUT2D eigenvalue weighted by Crippen LogP contribution is -2.57. The second-order valence-electron chi connectivity index (χ2n) is 8.76. The molecule has 1 aromatic carbocycles. The number of aromatic nitrogens is 1. The number of hydrogen-bond donors (Lipinski definition) is 1. The number of ether oxygens (including phenoxy) is 1. The average Bonchev–Trinajstić information content (AvgIpc) is 2.82. The number of nitrogens with one attached hydrogen (secondary N) is 1. The highest BCUT2D eigenvalue weighted by molar-refractivity contribution is 5.88. The van der Waals surface area contributed by atoms with Gasteiger partial charge in [0.2, 0.25) is 11.8 Å². The van der Waals surface area contributed by atoms with Crippen molar-refractivity contribution in [2.75, 3.05) is 46.4 Å². The van der Waals surface area contributed by atoms with Crippen LogP contribution in [-0.4, -0.2) is 83.9 Å². The normalized spacial score (nSPS) is 19.9. The van der Waals surface area contributed by atoms with Gasteiger partial charge < -0.3 is 15.0 Å². The minimum atomic E-state index is -0.444. The van der Waals surface area contributed by atoms with Gasteiger partial charge in [-0.3, -0.25) is 24.4 Å². The number of hydrogen-bond acceptors (Lipinski definition) is 6. The smallest absolute Gasteiger partial charge is 0.237 e. The molecule has 1 N–H and O–H groups in total. The molecular formula is C25H33N5O3. The van der Waals surface area contributed by atoms with Gasteiger partial charge in [-0.1, -0.05) is 18.2 Å². The van der Waals surface area contributed by atoms with Gasteiger partial charge in [-0.2, -0.15) is 0 Å². The Balaban J connectivity index is 1.33. The fraction of sp³-hybridized carbons (Fsp3) is 0.480. The number of aryl methyl sites for hydroxylation is 1. The van der Waals surface area contributed by atoms with E-state index in [0.29, 0.717) is 26.2 Å². The highest BCUT2D eigenvalue weighted by Gasteiger charge is 2.33. The summed E-state index contributed by atoms with van der Waals surface area (Å²) in [5, 5.41) is 2.93. The maximum Gasteiger partial charge on any atom is 0.237 e. The minimum absolute atomic E-state index is 0.0467. The summed E-state index contributed by atoms with van der Waals surface area (Å²) in [5.41, 5.74) is 3.22. The van der Waals surface area contributed by atoms with E-state index in [0.717, 1.165) is 48.7 Å². The van der Waals surface area contributed by atoms with Crippen molar-refractivity contribution in [3.63, 3.8) is 0 Å². The molecule has 1 atom stereocenters. The Morgan fingerprint density at radius 3 is 2.64 bits per heavy atom. The molecule has 0 aliphatic carbocycles. The van der Waals surface area contributed by atoms with E-state index >= 15 is 0 Å². The van der Waals surface area contributed by atoms with Crippen LogP contribution in [0.1, 0.15) is 23.2 Å². The quantitative estimate of drug-likeness (QED) is 0.686. The molecular weight excluding hydrogens is 418 g/mol. The molecule has 1 aromatic heterocycles. The summed E-state index contributed by atoms with van der Waals surface area (Å²) < 4.78 is 5.35. The van der Waals surface area contributed by atoms with E-state index in [2.05, 4.69) is 26.2 Å². The van der Waals surface area contributed by atoms with Crippen LogP contribution >= 0.6 is 0 Å². The first-order chi connectivity index (χ1) is 16.0. The number of piperazine rings is 2. The summed E-state index contributed by atoms with van der Waals surface area (Å²) in [4.78, 5) is 36.5. The predicted octanol–water partition coefficient (Wildman–Crippen LogP) is 1.43. The van der Waals surface area contributed by atoms with Crippen LogP contribution in [0.25, 0.3) is 0 Å². The third kappa shape index (κ3) is 5.89. The number of rotatable bonds is 7. The van der Waals surface area contributed by atoms with Crippen molar-refractivity contribution in [2.24, 2.45) is 0 Å². The van der Waals surface area contributed by atoms with Crippen molar-refractivity contribution < 1.29 is 14.3 Å². The summed E-state index contributed by atoms with van der Waals surface area (Å²) in [6, 6.07) is 11.6. The van der Waals surface area contributed by atoms with Gasteiger partial charge in [-0.25, -0.2) is 0 Å².